The van der Waals surface area contributed by atoms with Crippen LogP contribution in [0.5, 0.6) is 0 Å². The van der Waals surface area contributed by atoms with E-state index in [0.717, 1.165) is 0 Å². The predicted molar refractivity (Wildman–Crippen MR) is 22.7 cm³/mol. The van der Waals surface area contributed by atoms with Crippen LogP contribution in [0.1, 0.15) is 0 Å². The largest absolute Gasteiger partial charge is 0.480 e. The second kappa shape index (κ2) is 5.22. The van der Waals surface area contributed by atoms with Crippen LogP contribution in [-0.2, 0) is 25.9 Å². The Balaban J connectivity index is 0. The molecule has 0 aromatic heterocycles. The maximum Gasteiger partial charge on any atom is 0.322 e. The maximum atomic E-state index is 9.65. The molecule has 0 fully saturated rings. The smallest absolute Gasteiger partial charge is 0.322 e. The van der Waals surface area contributed by atoms with Crippen LogP contribution in [0.25, 0.3) is 0 Å². The molecule has 4 N–H and O–H groups in total. The number of rotatable bonds is 2. The van der Waals surface area contributed by atoms with Crippen molar-refractivity contribution in [3.05, 3.63) is 0 Å². The van der Waals surface area contributed by atoms with Gasteiger partial charge in [-0.2, -0.15) is 0 Å². The summed E-state index contributed by atoms with van der Waals surface area (Å²) in [6.45, 7) is -0.505. The molecule has 0 radical (unpaired) electrons. The number of carboxylic acid groups (broad SMARTS) is 1. The van der Waals surface area contributed by atoms with Gasteiger partial charge in [-0.3, -0.25) is 4.79 Å². The van der Waals surface area contributed by atoms with E-state index in [-0.39, 0.29) is 21.1 Å². The maximum absolute atomic E-state index is 9.65. The van der Waals surface area contributed by atoms with E-state index in [1.54, 1.807) is 0 Å². The van der Waals surface area contributed by atoms with Crippen LogP contribution >= 0.6 is 0 Å². The molecule has 0 aliphatic heterocycles. The van der Waals surface area contributed by atoms with Crippen molar-refractivity contribution in [1.29, 1.82) is 0 Å². The molecule has 0 saturated carbocycles. The molecule has 8 heavy (non-hydrogen) atoms. The van der Waals surface area contributed by atoms with E-state index >= 15 is 0 Å². The van der Waals surface area contributed by atoms with Crippen LogP contribution in [0.3, 0.4) is 0 Å². The second-order valence-corrected chi connectivity index (χ2v) is 1.13. The van der Waals surface area contributed by atoms with Gasteiger partial charge in [-0.05, 0) is 0 Å². The number of carbonyl (C=O) groups is 1. The minimum Gasteiger partial charge on any atom is -0.480 e. The number of aliphatic carboxylic acids is 1. The summed E-state index contributed by atoms with van der Waals surface area (Å²) in [6.07, 6.45) is 0. The first-order valence-corrected chi connectivity index (χ1v) is 1.77. The molecule has 4 nitrogen and oxygen atoms in total. The fourth-order valence-electron chi connectivity index (χ4n) is 0.0781. The molecule has 0 amide bonds. The van der Waals surface area contributed by atoms with E-state index in [1.165, 1.54) is 0 Å². The predicted octanol–water partition coefficient (Wildman–Crippen LogP) is -1.61. The average molecular weight is 289 g/mol. The van der Waals surface area contributed by atoms with Crippen molar-refractivity contribution in [2.45, 2.75) is 6.04 Å². The zero-order chi connectivity index (χ0) is 5.86. The Bertz CT molecular complexity index is 76.9. The fourth-order valence-corrected chi connectivity index (χ4v) is 0.0781. The topological polar surface area (TPSA) is 83.5 Å². The molecule has 0 aliphatic carbocycles. The molecule has 5 heteroatoms. The number of aliphatic hydroxyl groups excluding tert-OH is 1. The number of hydrogen-bond acceptors (Lipinski definition) is 3. The summed E-state index contributed by atoms with van der Waals surface area (Å²) in [6, 6.07) is -1.13. The van der Waals surface area contributed by atoms with Crippen LogP contribution in [0, 0.1) is 0 Å². The first-order chi connectivity index (χ1) is 3.18. The van der Waals surface area contributed by atoms with E-state index in [1.807, 2.05) is 0 Å². The molecule has 0 saturated heterocycles. The summed E-state index contributed by atoms with van der Waals surface area (Å²) in [5.74, 6) is -1.18. The Morgan fingerprint density at radius 2 is 2.12 bits per heavy atom. The summed E-state index contributed by atoms with van der Waals surface area (Å²) >= 11 is 0. The molecular formula is C3H7NO3W. The van der Waals surface area contributed by atoms with Crippen LogP contribution in [0.4, 0.5) is 0 Å². The minimum absolute atomic E-state index is 0. The zero-order valence-corrected chi connectivity index (χ0v) is 7.01. The molecule has 0 heterocycles. The summed E-state index contributed by atoms with van der Waals surface area (Å²) < 4.78 is 0. The second-order valence-electron chi connectivity index (χ2n) is 1.13. The van der Waals surface area contributed by atoms with Crippen LogP contribution < -0.4 is 5.73 Å². The van der Waals surface area contributed by atoms with Gasteiger partial charge < -0.3 is 15.9 Å². The van der Waals surface area contributed by atoms with Crippen LogP contribution in [0.2, 0.25) is 0 Å². The Labute approximate surface area is 60.9 Å². The van der Waals surface area contributed by atoms with Gasteiger partial charge in [0.15, 0.2) is 0 Å². The molecule has 48 valence electrons. The van der Waals surface area contributed by atoms with E-state index in [0.29, 0.717) is 0 Å². The van der Waals surface area contributed by atoms with Gasteiger partial charge in [0.25, 0.3) is 0 Å². The van der Waals surface area contributed by atoms with E-state index < -0.39 is 18.6 Å². The Morgan fingerprint density at radius 1 is 1.75 bits per heavy atom. The van der Waals surface area contributed by atoms with Gasteiger partial charge in [-0.15, -0.1) is 0 Å². The molecule has 0 unspecified atom stereocenters. The van der Waals surface area contributed by atoms with Gasteiger partial charge in [0.2, 0.25) is 0 Å². The molecule has 0 spiro atoms. The monoisotopic (exact) mass is 289 g/mol. The third-order valence-corrected chi connectivity index (χ3v) is 0.514. The van der Waals surface area contributed by atoms with Crippen molar-refractivity contribution in [2.75, 3.05) is 6.61 Å². The Kier molecular flexibility index (Phi) is 7.15. The standard InChI is InChI=1S/C3H7NO3.W/c4-2(1-5)3(6)7;/h2,5H,1,4H2,(H,6,7);/t2-;/m0./s1. The van der Waals surface area contributed by atoms with Gasteiger partial charge in [0, 0.05) is 21.1 Å². The third kappa shape index (κ3) is 4.24. The molecule has 0 aromatic rings. The van der Waals surface area contributed by atoms with Gasteiger partial charge in [-0.25, -0.2) is 0 Å². The first kappa shape index (κ1) is 11.0. The summed E-state index contributed by atoms with van der Waals surface area (Å²) in [7, 11) is 0. The molecule has 0 rings (SSSR count). The Morgan fingerprint density at radius 3 is 2.12 bits per heavy atom. The summed E-state index contributed by atoms with van der Waals surface area (Å²) in [4.78, 5) is 9.65. The number of carboxylic acids is 1. The van der Waals surface area contributed by atoms with Crippen LogP contribution in [0.15, 0.2) is 0 Å². The number of hydrogen-bond donors (Lipinski definition) is 3. The molecule has 0 aromatic carbocycles. The number of nitrogens with two attached hydrogens (primary N) is 1. The van der Waals surface area contributed by atoms with Crippen molar-refractivity contribution in [3.8, 4) is 0 Å². The van der Waals surface area contributed by atoms with Gasteiger partial charge in [0.1, 0.15) is 6.04 Å². The van der Waals surface area contributed by atoms with Crippen molar-refractivity contribution in [1.82, 2.24) is 0 Å². The Hall–Kier alpha value is 0.0783. The first-order valence-electron chi connectivity index (χ1n) is 1.77. The van der Waals surface area contributed by atoms with Gasteiger partial charge in [0.05, 0.1) is 6.61 Å². The SMILES string of the molecule is N[C@@H](CO)C(=O)O.[W]. The van der Waals surface area contributed by atoms with Crippen molar-refractivity contribution >= 4 is 5.97 Å². The van der Waals surface area contributed by atoms with Crippen molar-refractivity contribution in [3.63, 3.8) is 0 Å². The molecule has 1 atom stereocenters. The quantitative estimate of drug-likeness (QED) is 0.571. The van der Waals surface area contributed by atoms with E-state index in [2.05, 4.69) is 0 Å². The number of aliphatic hydroxyl groups is 1. The fraction of sp³-hybridized carbons (Fsp3) is 0.667. The van der Waals surface area contributed by atoms with Crippen LogP contribution in [-0.4, -0.2) is 28.8 Å². The van der Waals surface area contributed by atoms with E-state index in [4.69, 9.17) is 15.9 Å². The molecule has 0 aliphatic rings. The van der Waals surface area contributed by atoms with Crippen molar-refractivity contribution < 1.29 is 36.1 Å². The third-order valence-electron chi connectivity index (χ3n) is 0.514. The van der Waals surface area contributed by atoms with Gasteiger partial charge in [-0.1, -0.05) is 0 Å². The summed E-state index contributed by atoms with van der Waals surface area (Å²) in [5, 5.41) is 15.9. The zero-order valence-electron chi connectivity index (χ0n) is 4.07. The van der Waals surface area contributed by atoms with E-state index in [9.17, 15) is 4.79 Å². The normalized spacial score (nSPS) is 11.8. The minimum atomic E-state index is -1.18. The average Bonchev–Trinajstić information content (AvgIpc) is 1.65. The van der Waals surface area contributed by atoms with Crippen molar-refractivity contribution in [2.24, 2.45) is 5.73 Å². The summed E-state index contributed by atoms with van der Waals surface area (Å²) in [5.41, 5.74) is 4.77. The molecule has 0 bridgehead atoms. The molecular weight excluding hydrogens is 282 g/mol. The van der Waals surface area contributed by atoms with Gasteiger partial charge >= 0.3 is 5.97 Å².